The molecular weight excluding hydrogens is 232 g/mol. The van der Waals surface area contributed by atoms with Gasteiger partial charge in [0, 0.05) is 25.9 Å². The van der Waals surface area contributed by atoms with E-state index in [1.807, 2.05) is 6.07 Å². The predicted molar refractivity (Wildman–Crippen MR) is 67.4 cm³/mol. The molecule has 5 heteroatoms. The molecule has 5 nitrogen and oxygen atoms in total. The Labute approximate surface area is 106 Å². The molecule has 3 N–H and O–H groups in total. The lowest BCUT2D eigenvalue weighted by atomic mass is 10.1. The van der Waals surface area contributed by atoms with E-state index in [4.69, 9.17) is 10.5 Å². The molecule has 1 saturated heterocycles. The van der Waals surface area contributed by atoms with Crippen LogP contribution in [-0.4, -0.2) is 41.7 Å². The number of hydrogen-bond donors (Lipinski definition) is 2. The van der Waals surface area contributed by atoms with Crippen LogP contribution in [0, 0.1) is 0 Å². The molecule has 1 fully saturated rings. The number of nitrogens with zero attached hydrogens (tertiary/aromatic N) is 1. The average molecular weight is 250 g/mol. The van der Waals surface area contributed by atoms with Gasteiger partial charge in [-0.1, -0.05) is 12.1 Å². The molecule has 98 valence electrons. The number of para-hydroxylation sites is 2. The Morgan fingerprint density at radius 1 is 1.39 bits per heavy atom. The third kappa shape index (κ3) is 2.92. The van der Waals surface area contributed by atoms with Crippen LogP contribution < -0.4 is 10.5 Å². The number of carbonyl (C=O) groups is 1. The molecule has 0 unspecified atom stereocenters. The summed E-state index contributed by atoms with van der Waals surface area (Å²) in [7, 11) is 0. The van der Waals surface area contributed by atoms with Gasteiger partial charge in [-0.25, -0.2) is 0 Å². The van der Waals surface area contributed by atoms with Crippen LogP contribution in [0.5, 0.6) is 11.5 Å². The molecule has 1 amide bonds. The second-order valence-corrected chi connectivity index (χ2v) is 4.37. The lowest BCUT2D eigenvalue weighted by Gasteiger charge is -2.32. The summed E-state index contributed by atoms with van der Waals surface area (Å²) in [6.07, 6.45) is 1.57. The number of phenolic OH excluding ortho intramolecular Hbond substituents is 1. The number of hydrogen-bond acceptors (Lipinski definition) is 4. The summed E-state index contributed by atoms with van der Waals surface area (Å²) < 4.78 is 5.73. The maximum atomic E-state index is 11.4. The zero-order chi connectivity index (χ0) is 13.0. The summed E-state index contributed by atoms with van der Waals surface area (Å²) in [6, 6.07) is 6.92. The van der Waals surface area contributed by atoms with Gasteiger partial charge in [-0.15, -0.1) is 0 Å². The number of amides is 1. The zero-order valence-electron chi connectivity index (χ0n) is 10.2. The van der Waals surface area contributed by atoms with Crippen molar-refractivity contribution in [3.63, 3.8) is 0 Å². The van der Waals surface area contributed by atoms with Gasteiger partial charge in [-0.05, 0) is 12.1 Å². The van der Waals surface area contributed by atoms with Crippen LogP contribution in [0.25, 0.3) is 0 Å². The number of ether oxygens (including phenoxy) is 1. The van der Waals surface area contributed by atoms with Crippen molar-refractivity contribution in [2.45, 2.75) is 18.9 Å². The normalized spacial score (nSPS) is 16.6. The summed E-state index contributed by atoms with van der Waals surface area (Å²) in [5.41, 5.74) is 5.33. The van der Waals surface area contributed by atoms with Gasteiger partial charge >= 0.3 is 0 Å². The highest BCUT2D eigenvalue weighted by Gasteiger charge is 2.23. The van der Waals surface area contributed by atoms with E-state index in [0.29, 0.717) is 18.8 Å². The highest BCUT2D eigenvalue weighted by molar-refractivity contribution is 5.78. The van der Waals surface area contributed by atoms with Crippen molar-refractivity contribution in [2.75, 3.05) is 19.6 Å². The summed E-state index contributed by atoms with van der Waals surface area (Å²) in [5.74, 6) is 0.634. The predicted octanol–water partition coefficient (Wildman–Crippen LogP) is 0.721. The van der Waals surface area contributed by atoms with Crippen molar-refractivity contribution in [3.8, 4) is 11.5 Å². The number of benzene rings is 1. The lowest BCUT2D eigenvalue weighted by Crippen LogP contribution is -2.44. The van der Waals surface area contributed by atoms with E-state index in [1.54, 1.807) is 23.1 Å². The number of carbonyl (C=O) groups excluding carboxylic acids is 1. The first-order chi connectivity index (χ1) is 8.70. The van der Waals surface area contributed by atoms with Gasteiger partial charge in [-0.2, -0.15) is 0 Å². The van der Waals surface area contributed by atoms with Gasteiger partial charge in [0.25, 0.3) is 0 Å². The monoisotopic (exact) mass is 250 g/mol. The Hall–Kier alpha value is -1.75. The molecule has 1 aromatic carbocycles. The Morgan fingerprint density at radius 2 is 2.06 bits per heavy atom. The molecule has 18 heavy (non-hydrogen) atoms. The molecule has 2 rings (SSSR count). The molecule has 0 atom stereocenters. The average Bonchev–Trinajstić information content (AvgIpc) is 2.41. The highest BCUT2D eigenvalue weighted by Crippen LogP contribution is 2.27. The fourth-order valence-corrected chi connectivity index (χ4v) is 2.09. The minimum atomic E-state index is -0.0176. The maximum Gasteiger partial charge on any atom is 0.236 e. The van der Waals surface area contributed by atoms with E-state index in [1.165, 1.54) is 0 Å². The molecule has 1 aromatic rings. The smallest absolute Gasteiger partial charge is 0.236 e. The fourth-order valence-electron chi connectivity index (χ4n) is 2.09. The molecule has 0 spiro atoms. The Bertz CT molecular complexity index is 414. The fraction of sp³-hybridized carbons (Fsp3) is 0.462. The van der Waals surface area contributed by atoms with Gasteiger partial charge in [0.05, 0.1) is 6.54 Å². The van der Waals surface area contributed by atoms with Crippen LogP contribution >= 0.6 is 0 Å². The summed E-state index contributed by atoms with van der Waals surface area (Å²) >= 11 is 0. The first kappa shape index (κ1) is 12.7. The van der Waals surface area contributed by atoms with E-state index < -0.39 is 0 Å². The zero-order valence-corrected chi connectivity index (χ0v) is 10.2. The van der Waals surface area contributed by atoms with E-state index in [9.17, 15) is 9.90 Å². The third-order valence-corrected chi connectivity index (χ3v) is 3.13. The maximum absolute atomic E-state index is 11.4. The van der Waals surface area contributed by atoms with Gasteiger partial charge in [0.15, 0.2) is 11.5 Å². The number of phenols is 1. The number of nitrogens with two attached hydrogens (primary N) is 1. The number of rotatable bonds is 3. The Balaban J connectivity index is 1.87. The summed E-state index contributed by atoms with van der Waals surface area (Å²) in [4.78, 5) is 13.2. The topological polar surface area (TPSA) is 75.8 Å². The number of likely N-dealkylation sites (tertiary alicyclic amines) is 1. The molecule has 1 aliphatic rings. The summed E-state index contributed by atoms with van der Waals surface area (Å²) in [6.45, 7) is 1.38. The van der Waals surface area contributed by atoms with Crippen LogP contribution in [0.15, 0.2) is 24.3 Å². The van der Waals surface area contributed by atoms with Crippen LogP contribution in [0.3, 0.4) is 0 Å². The highest BCUT2D eigenvalue weighted by atomic mass is 16.5. The van der Waals surface area contributed by atoms with Crippen molar-refractivity contribution in [2.24, 2.45) is 5.73 Å². The molecule has 1 heterocycles. The van der Waals surface area contributed by atoms with Crippen molar-refractivity contribution >= 4 is 5.91 Å². The molecular formula is C13H18N2O3. The van der Waals surface area contributed by atoms with Crippen LogP contribution in [0.2, 0.25) is 0 Å². The van der Waals surface area contributed by atoms with E-state index in [2.05, 4.69) is 0 Å². The Kier molecular flexibility index (Phi) is 4.04. The second kappa shape index (κ2) is 5.73. The largest absolute Gasteiger partial charge is 0.504 e. The molecule has 0 saturated carbocycles. The van der Waals surface area contributed by atoms with Crippen molar-refractivity contribution in [3.05, 3.63) is 24.3 Å². The van der Waals surface area contributed by atoms with Gasteiger partial charge < -0.3 is 20.5 Å². The Morgan fingerprint density at radius 3 is 2.67 bits per heavy atom. The van der Waals surface area contributed by atoms with Gasteiger partial charge in [-0.3, -0.25) is 4.79 Å². The second-order valence-electron chi connectivity index (χ2n) is 4.37. The van der Waals surface area contributed by atoms with Gasteiger partial charge in [0.1, 0.15) is 6.10 Å². The quantitative estimate of drug-likeness (QED) is 0.829. The first-order valence-electron chi connectivity index (χ1n) is 6.13. The van der Waals surface area contributed by atoms with Gasteiger partial charge in [0.2, 0.25) is 5.91 Å². The van der Waals surface area contributed by atoms with E-state index >= 15 is 0 Å². The first-order valence-corrected chi connectivity index (χ1v) is 6.13. The van der Waals surface area contributed by atoms with Crippen molar-refractivity contribution in [1.29, 1.82) is 0 Å². The summed E-state index contributed by atoms with van der Waals surface area (Å²) in [5, 5.41) is 9.61. The lowest BCUT2D eigenvalue weighted by molar-refractivity contribution is -0.131. The molecule has 0 bridgehead atoms. The minimum Gasteiger partial charge on any atom is -0.504 e. The molecule has 0 radical (unpaired) electrons. The molecule has 0 aromatic heterocycles. The SMILES string of the molecule is NCC(=O)N1CCC(Oc2ccccc2O)CC1. The molecule has 0 aliphatic carbocycles. The molecule has 1 aliphatic heterocycles. The third-order valence-electron chi connectivity index (χ3n) is 3.13. The minimum absolute atomic E-state index is 0.0176. The number of aromatic hydroxyl groups is 1. The van der Waals surface area contributed by atoms with Crippen LogP contribution in [-0.2, 0) is 4.79 Å². The van der Waals surface area contributed by atoms with Crippen molar-refractivity contribution < 1.29 is 14.6 Å². The standard InChI is InChI=1S/C13H18N2O3/c14-9-13(17)15-7-5-10(6-8-15)18-12-4-2-1-3-11(12)16/h1-4,10,16H,5-9,14H2. The van der Waals surface area contributed by atoms with Crippen LogP contribution in [0.1, 0.15) is 12.8 Å². The van der Waals surface area contributed by atoms with E-state index in [0.717, 1.165) is 12.8 Å². The van der Waals surface area contributed by atoms with Crippen LogP contribution in [0.4, 0.5) is 0 Å². The van der Waals surface area contributed by atoms with E-state index in [-0.39, 0.29) is 24.3 Å². The van der Waals surface area contributed by atoms with Crippen molar-refractivity contribution in [1.82, 2.24) is 4.90 Å². The number of piperidine rings is 1.